The van der Waals surface area contributed by atoms with Gasteiger partial charge in [-0.25, -0.2) is 4.79 Å². The number of halogens is 3. The number of ether oxygens (including phenoxy) is 2. The summed E-state index contributed by atoms with van der Waals surface area (Å²) in [6.07, 6.45) is -6.28. The number of aliphatic hydroxyl groups is 1. The molecular weight excluding hydrogens is 391 g/mol. The SMILES string of the molecule is COc1cc(C(O)(C(=O)OC(C)Cc2ccc(N)c(N)c2)C(F)(F)F)ccc1N. The molecule has 0 radical (unpaired) electrons. The Morgan fingerprint density at radius 3 is 2.24 bits per heavy atom. The fraction of sp³-hybridized carbons (Fsp3) is 0.316. The Bertz CT molecular complexity index is 905. The molecule has 0 amide bonds. The fourth-order valence-corrected chi connectivity index (χ4v) is 2.73. The Labute approximate surface area is 165 Å². The smallest absolute Gasteiger partial charge is 0.432 e. The molecule has 0 heterocycles. The standard InChI is InChI=1S/C19H22F3N3O4/c1-10(7-11-3-5-13(23)15(25)8-11)29-17(26)18(27,19(20,21)22)12-4-6-14(24)16(9-12)28-2/h3-6,8-10,27H,7,23-25H2,1-2H3. The van der Waals surface area contributed by atoms with Crippen LogP contribution in [0.25, 0.3) is 0 Å². The number of esters is 1. The Kier molecular flexibility index (Phi) is 6.17. The Hall–Kier alpha value is -3.14. The highest BCUT2D eigenvalue weighted by molar-refractivity contribution is 5.83. The minimum Gasteiger partial charge on any atom is -0.495 e. The first-order valence-electron chi connectivity index (χ1n) is 8.48. The maximum atomic E-state index is 13.7. The summed E-state index contributed by atoms with van der Waals surface area (Å²) in [7, 11) is 1.20. The number of carbonyl (C=O) groups is 1. The van der Waals surface area contributed by atoms with E-state index in [2.05, 4.69) is 0 Å². The molecule has 0 bridgehead atoms. The molecule has 0 fully saturated rings. The van der Waals surface area contributed by atoms with E-state index >= 15 is 0 Å². The van der Waals surface area contributed by atoms with Crippen molar-refractivity contribution in [2.45, 2.75) is 31.2 Å². The molecule has 10 heteroatoms. The lowest BCUT2D eigenvalue weighted by atomic mass is 9.92. The largest absolute Gasteiger partial charge is 0.495 e. The number of nitrogen functional groups attached to an aromatic ring is 3. The van der Waals surface area contributed by atoms with E-state index < -0.39 is 29.4 Å². The highest BCUT2D eigenvalue weighted by Crippen LogP contribution is 2.42. The van der Waals surface area contributed by atoms with Crippen molar-refractivity contribution < 1.29 is 32.5 Å². The second kappa shape index (κ2) is 8.08. The molecule has 0 saturated heterocycles. The van der Waals surface area contributed by atoms with Crippen LogP contribution in [-0.2, 0) is 21.6 Å². The summed E-state index contributed by atoms with van der Waals surface area (Å²) in [5.41, 5.74) is 13.5. The first-order valence-corrected chi connectivity index (χ1v) is 8.48. The van der Waals surface area contributed by atoms with Crippen LogP contribution >= 0.6 is 0 Å². The molecule has 0 aromatic heterocycles. The summed E-state index contributed by atoms with van der Waals surface area (Å²) in [5.74, 6) is -1.99. The number of carbonyl (C=O) groups excluding carboxylic acids is 1. The molecule has 7 nitrogen and oxygen atoms in total. The van der Waals surface area contributed by atoms with Crippen molar-refractivity contribution in [2.75, 3.05) is 24.3 Å². The van der Waals surface area contributed by atoms with Crippen molar-refractivity contribution >= 4 is 23.0 Å². The molecule has 0 aliphatic heterocycles. The Morgan fingerprint density at radius 2 is 1.69 bits per heavy atom. The topological polar surface area (TPSA) is 134 Å². The van der Waals surface area contributed by atoms with Crippen molar-refractivity contribution in [2.24, 2.45) is 0 Å². The van der Waals surface area contributed by atoms with Crippen LogP contribution in [0.1, 0.15) is 18.1 Å². The summed E-state index contributed by atoms with van der Waals surface area (Å²) in [5, 5.41) is 10.4. The van der Waals surface area contributed by atoms with Gasteiger partial charge in [0.25, 0.3) is 5.60 Å². The number of rotatable bonds is 6. The van der Waals surface area contributed by atoms with Crippen LogP contribution in [0.5, 0.6) is 5.75 Å². The maximum absolute atomic E-state index is 13.7. The number of methoxy groups -OCH3 is 1. The number of hydrogen-bond acceptors (Lipinski definition) is 7. The highest BCUT2D eigenvalue weighted by atomic mass is 19.4. The minimum absolute atomic E-state index is 0.0449. The summed E-state index contributed by atoms with van der Waals surface area (Å²) >= 11 is 0. The van der Waals surface area contributed by atoms with E-state index in [1.54, 1.807) is 6.07 Å². The lowest BCUT2D eigenvalue weighted by Crippen LogP contribution is -2.51. The minimum atomic E-state index is -5.35. The summed E-state index contributed by atoms with van der Waals surface area (Å²) in [6, 6.07) is 7.50. The van der Waals surface area contributed by atoms with Crippen molar-refractivity contribution in [1.82, 2.24) is 0 Å². The van der Waals surface area contributed by atoms with Crippen LogP contribution in [0.15, 0.2) is 36.4 Å². The predicted molar refractivity (Wildman–Crippen MR) is 102 cm³/mol. The van der Waals surface area contributed by atoms with Crippen LogP contribution in [0.3, 0.4) is 0 Å². The third-order valence-corrected chi connectivity index (χ3v) is 4.34. The molecule has 0 aliphatic rings. The van der Waals surface area contributed by atoms with Gasteiger partial charge in [0.15, 0.2) is 0 Å². The average molecular weight is 413 g/mol. The van der Waals surface area contributed by atoms with Crippen LogP contribution in [-0.4, -0.2) is 30.5 Å². The van der Waals surface area contributed by atoms with Crippen LogP contribution in [0.4, 0.5) is 30.2 Å². The number of alkyl halides is 3. The molecule has 2 rings (SSSR count). The third kappa shape index (κ3) is 4.48. The fourth-order valence-electron chi connectivity index (χ4n) is 2.73. The van der Waals surface area contributed by atoms with Crippen LogP contribution in [0, 0.1) is 0 Å². The monoisotopic (exact) mass is 413 g/mol. The van der Waals surface area contributed by atoms with Gasteiger partial charge in [-0.05, 0) is 36.8 Å². The molecule has 0 saturated carbocycles. The number of benzene rings is 2. The Morgan fingerprint density at radius 1 is 1.07 bits per heavy atom. The van der Waals surface area contributed by atoms with Crippen molar-refractivity contribution in [1.29, 1.82) is 0 Å². The lowest BCUT2D eigenvalue weighted by Gasteiger charge is -2.30. The molecule has 29 heavy (non-hydrogen) atoms. The zero-order chi connectivity index (χ0) is 22.0. The number of anilines is 3. The van der Waals surface area contributed by atoms with Gasteiger partial charge in [-0.2, -0.15) is 13.2 Å². The zero-order valence-electron chi connectivity index (χ0n) is 15.8. The van der Waals surface area contributed by atoms with E-state index in [9.17, 15) is 23.1 Å². The normalized spacial score (nSPS) is 14.7. The molecule has 158 valence electrons. The van der Waals surface area contributed by atoms with E-state index in [4.69, 9.17) is 26.7 Å². The van der Waals surface area contributed by atoms with E-state index in [0.717, 1.165) is 18.2 Å². The second-order valence-corrected chi connectivity index (χ2v) is 6.55. The van der Waals surface area contributed by atoms with Gasteiger partial charge in [-0.15, -0.1) is 0 Å². The second-order valence-electron chi connectivity index (χ2n) is 6.55. The van der Waals surface area contributed by atoms with E-state index in [1.165, 1.54) is 26.2 Å². The lowest BCUT2D eigenvalue weighted by molar-refractivity contribution is -0.269. The van der Waals surface area contributed by atoms with E-state index in [-0.39, 0.29) is 17.9 Å². The molecular formula is C19H22F3N3O4. The quantitative estimate of drug-likeness (QED) is 0.422. The van der Waals surface area contributed by atoms with Crippen LogP contribution < -0.4 is 21.9 Å². The molecule has 2 aromatic rings. The number of nitrogens with two attached hydrogens (primary N) is 3. The first kappa shape index (κ1) is 22.2. The van der Waals surface area contributed by atoms with Gasteiger partial charge >= 0.3 is 12.1 Å². The number of hydrogen-bond donors (Lipinski definition) is 4. The van der Waals surface area contributed by atoms with Gasteiger partial charge in [0.2, 0.25) is 0 Å². The molecule has 2 atom stereocenters. The molecule has 0 aliphatic carbocycles. The molecule has 0 spiro atoms. The summed E-state index contributed by atoms with van der Waals surface area (Å²) < 4.78 is 50.9. The van der Waals surface area contributed by atoms with Crippen molar-refractivity contribution in [3.63, 3.8) is 0 Å². The van der Waals surface area contributed by atoms with Crippen LogP contribution in [0.2, 0.25) is 0 Å². The zero-order valence-corrected chi connectivity index (χ0v) is 15.8. The highest BCUT2D eigenvalue weighted by Gasteiger charge is 2.62. The average Bonchev–Trinajstić information content (AvgIpc) is 2.63. The maximum Gasteiger partial charge on any atom is 0.432 e. The Balaban J connectivity index is 2.30. The molecule has 7 N–H and O–H groups in total. The third-order valence-electron chi connectivity index (χ3n) is 4.34. The molecule has 2 unspecified atom stereocenters. The van der Waals surface area contributed by atoms with E-state index in [1.807, 2.05) is 0 Å². The first-order chi connectivity index (χ1) is 13.4. The van der Waals surface area contributed by atoms with Gasteiger partial charge < -0.3 is 31.8 Å². The van der Waals surface area contributed by atoms with Crippen molar-refractivity contribution in [3.05, 3.63) is 47.5 Å². The summed E-state index contributed by atoms with van der Waals surface area (Å²) in [6.45, 7) is 1.39. The van der Waals surface area contributed by atoms with Gasteiger partial charge in [-0.1, -0.05) is 12.1 Å². The van der Waals surface area contributed by atoms with E-state index in [0.29, 0.717) is 16.9 Å². The van der Waals surface area contributed by atoms with Gasteiger partial charge in [0.05, 0.1) is 24.2 Å². The molecule has 2 aromatic carbocycles. The van der Waals surface area contributed by atoms with Gasteiger partial charge in [0, 0.05) is 12.0 Å². The van der Waals surface area contributed by atoms with Gasteiger partial charge in [-0.3, -0.25) is 0 Å². The summed E-state index contributed by atoms with van der Waals surface area (Å²) in [4.78, 5) is 12.4. The van der Waals surface area contributed by atoms with Crippen molar-refractivity contribution in [3.8, 4) is 5.75 Å². The van der Waals surface area contributed by atoms with Gasteiger partial charge in [0.1, 0.15) is 11.9 Å². The predicted octanol–water partition coefficient (Wildman–Crippen LogP) is 2.37.